The van der Waals surface area contributed by atoms with E-state index in [0.717, 1.165) is 12.0 Å². The van der Waals surface area contributed by atoms with E-state index in [-0.39, 0.29) is 18.6 Å². The van der Waals surface area contributed by atoms with E-state index >= 15 is 0 Å². The van der Waals surface area contributed by atoms with Crippen LogP contribution in [0.1, 0.15) is 23.1 Å². The largest absolute Gasteiger partial charge is 0.445 e. The van der Waals surface area contributed by atoms with Gasteiger partial charge in [-0.15, -0.1) is 0 Å². The van der Waals surface area contributed by atoms with Gasteiger partial charge in [-0.2, -0.15) is 0 Å². The molecule has 0 saturated carbocycles. The topological polar surface area (TPSA) is 49.9 Å². The number of aryl methyl sites for hydroxylation is 2. The van der Waals surface area contributed by atoms with Gasteiger partial charge in [-0.3, -0.25) is 4.79 Å². The Kier molecular flexibility index (Phi) is 6.47. The molecule has 1 saturated heterocycles. The zero-order valence-electron chi connectivity index (χ0n) is 15.8. The molecule has 1 aliphatic rings. The highest BCUT2D eigenvalue weighted by Gasteiger charge is 2.24. The number of amides is 2. The summed E-state index contributed by atoms with van der Waals surface area (Å²) in [5.41, 5.74) is 3.37. The van der Waals surface area contributed by atoms with Gasteiger partial charge in [-0.05, 0) is 24.5 Å². The lowest BCUT2D eigenvalue weighted by atomic mass is 10.1. The fourth-order valence-electron chi connectivity index (χ4n) is 3.11. The molecule has 2 aromatic rings. The minimum Gasteiger partial charge on any atom is -0.445 e. The van der Waals surface area contributed by atoms with Crippen LogP contribution in [0.2, 0.25) is 0 Å². The number of carbonyl (C=O) groups excluding carboxylic acids is 2. The highest BCUT2D eigenvalue weighted by Crippen LogP contribution is 2.11. The van der Waals surface area contributed by atoms with Gasteiger partial charge < -0.3 is 14.5 Å². The maximum atomic E-state index is 12.4. The molecule has 1 aliphatic heterocycles. The van der Waals surface area contributed by atoms with Gasteiger partial charge in [0.15, 0.2) is 0 Å². The van der Waals surface area contributed by atoms with Crippen LogP contribution in [0.3, 0.4) is 0 Å². The second-order valence-corrected chi connectivity index (χ2v) is 6.89. The van der Waals surface area contributed by atoms with Crippen molar-refractivity contribution in [1.82, 2.24) is 9.80 Å². The minimum absolute atomic E-state index is 0.146. The summed E-state index contributed by atoms with van der Waals surface area (Å²) in [6.45, 7) is 4.49. The Morgan fingerprint density at radius 1 is 0.852 bits per heavy atom. The van der Waals surface area contributed by atoms with E-state index in [2.05, 4.69) is 31.2 Å². The zero-order valence-corrected chi connectivity index (χ0v) is 15.8. The molecule has 142 valence electrons. The van der Waals surface area contributed by atoms with Crippen LogP contribution in [0.5, 0.6) is 0 Å². The molecule has 3 rings (SSSR count). The maximum absolute atomic E-state index is 12.4. The standard InChI is InChI=1S/C22H26N2O3/c1-18-7-9-19(10-8-18)11-12-21(25)23-13-15-24(16-14-23)22(26)27-17-20-5-3-2-4-6-20/h2-10H,11-17H2,1H3. The number of carbonyl (C=O) groups is 2. The van der Waals surface area contributed by atoms with E-state index < -0.39 is 0 Å². The summed E-state index contributed by atoms with van der Waals surface area (Å²) in [6, 6.07) is 17.9. The summed E-state index contributed by atoms with van der Waals surface area (Å²) >= 11 is 0. The first-order valence-corrected chi connectivity index (χ1v) is 9.41. The Hall–Kier alpha value is -2.82. The zero-order chi connectivity index (χ0) is 19.1. The first-order valence-electron chi connectivity index (χ1n) is 9.41. The first kappa shape index (κ1) is 19.0. The van der Waals surface area contributed by atoms with Gasteiger partial charge >= 0.3 is 6.09 Å². The van der Waals surface area contributed by atoms with Crippen molar-refractivity contribution >= 4 is 12.0 Å². The Morgan fingerprint density at radius 3 is 2.15 bits per heavy atom. The number of hydrogen-bond donors (Lipinski definition) is 0. The van der Waals surface area contributed by atoms with Crippen molar-refractivity contribution in [2.75, 3.05) is 26.2 Å². The summed E-state index contributed by atoms with van der Waals surface area (Å²) in [4.78, 5) is 28.1. The number of hydrogen-bond acceptors (Lipinski definition) is 3. The molecule has 0 spiro atoms. The van der Waals surface area contributed by atoms with Crippen LogP contribution in [0.25, 0.3) is 0 Å². The second-order valence-electron chi connectivity index (χ2n) is 6.89. The van der Waals surface area contributed by atoms with Crippen molar-refractivity contribution in [2.24, 2.45) is 0 Å². The molecule has 0 N–H and O–H groups in total. The fraction of sp³-hybridized carbons (Fsp3) is 0.364. The van der Waals surface area contributed by atoms with E-state index in [1.807, 2.05) is 35.2 Å². The Balaban J connectivity index is 1.39. The van der Waals surface area contributed by atoms with Crippen LogP contribution in [0.15, 0.2) is 54.6 Å². The first-order chi connectivity index (χ1) is 13.1. The molecule has 0 unspecified atom stereocenters. The molecular formula is C22H26N2O3. The van der Waals surface area contributed by atoms with Crippen LogP contribution >= 0.6 is 0 Å². The third kappa shape index (κ3) is 5.58. The van der Waals surface area contributed by atoms with Crippen LogP contribution in [-0.2, 0) is 22.6 Å². The maximum Gasteiger partial charge on any atom is 0.410 e. The summed E-state index contributed by atoms with van der Waals surface area (Å²) in [5, 5.41) is 0. The Bertz CT molecular complexity index is 751. The van der Waals surface area contributed by atoms with Gasteiger partial charge in [0.2, 0.25) is 5.91 Å². The van der Waals surface area contributed by atoms with Crippen LogP contribution in [0.4, 0.5) is 4.79 Å². The molecule has 1 heterocycles. The highest BCUT2D eigenvalue weighted by atomic mass is 16.6. The van der Waals surface area contributed by atoms with Crippen molar-refractivity contribution < 1.29 is 14.3 Å². The molecule has 2 amide bonds. The van der Waals surface area contributed by atoms with Crippen LogP contribution in [0, 0.1) is 6.92 Å². The second kappa shape index (κ2) is 9.21. The molecule has 0 aliphatic carbocycles. The van der Waals surface area contributed by atoms with Gasteiger partial charge in [0.05, 0.1) is 0 Å². The van der Waals surface area contributed by atoms with Crippen molar-refractivity contribution in [3.05, 3.63) is 71.3 Å². The monoisotopic (exact) mass is 366 g/mol. The number of nitrogens with zero attached hydrogens (tertiary/aromatic N) is 2. The molecule has 5 nitrogen and oxygen atoms in total. The summed E-state index contributed by atoms with van der Waals surface area (Å²) in [5.74, 6) is 0.146. The lowest BCUT2D eigenvalue weighted by Gasteiger charge is -2.34. The van der Waals surface area contributed by atoms with Crippen LogP contribution < -0.4 is 0 Å². The lowest BCUT2D eigenvalue weighted by molar-refractivity contribution is -0.132. The van der Waals surface area contributed by atoms with Gasteiger partial charge in [-0.1, -0.05) is 60.2 Å². The van der Waals surface area contributed by atoms with Crippen molar-refractivity contribution in [1.29, 1.82) is 0 Å². The summed E-state index contributed by atoms with van der Waals surface area (Å²) in [6.07, 6.45) is 0.936. The third-order valence-electron chi connectivity index (χ3n) is 4.84. The van der Waals surface area contributed by atoms with E-state index in [1.165, 1.54) is 11.1 Å². The molecule has 0 bridgehead atoms. The predicted molar refractivity (Wildman–Crippen MR) is 104 cm³/mol. The molecule has 1 fully saturated rings. The van der Waals surface area contributed by atoms with Crippen molar-refractivity contribution in [3.63, 3.8) is 0 Å². The van der Waals surface area contributed by atoms with Gasteiger partial charge in [0.1, 0.15) is 6.61 Å². The summed E-state index contributed by atoms with van der Waals surface area (Å²) in [7, 11) is 0. The van der Waals surface area contributed by atoms with Gasteiger partial charge in [-0.25, -0.2) is 4.79 Å². The smallest absolute Gasteiger partial charge is 0.410 e. The summed E-state index contributed by atoms with van der Waals surface area (Å²) < 4.78 is 5.36. The minimum atomic E-state index is -0.314. The van der Waals surface area contributed by atoms with Gasteiger partial charge in [0.25, 0.3) is 0 Å². The lowest BCUT2D eigenvalue weighted by Crippen LogP contribution is -2.50. The number of piperazine rings is 1. The molecule has 0 atom stereocenters. The SMILES string of the molecule is Cc1ccc(CCC(=O)N2CCN(C(=O)OCc3ccccc3)CC2)cc1. The third-order valence-corrected chi connectivity index (χ3v) is 4.84. The van der Waals surface area contributed by atoms with E-state index in [9.17, 15) is 9.59 Å². The molecule has 0 aromatic heterocycles. The number of benzene rings is 2. The Labute approximate surface area is 160 Å². The molecule has 0 radical (unpaired) electrons. The molecule has 27 heavy (non-hydrogen) atoms. The molecule has 5 heteroatoms. The van der Waals surface area contributed by atoms with E-state index in [0.29, 0.717) is 32.6 Å². The quantitative estimate of drug-likeness (QED) is 0.815. The molecule has 2 aromatic carbocycles. The van der Waals surface area contributed by atoms with Crippen molar-refractivity contribution in [2.45, 2.75) is 26.4 Å². The fourth-order valence-corrected chi connectivity index (χ4v) is 3.11. The Morgan fingerprint density at radius 2 is 1.48 bits per heavy atom. The normalized spacial score (nSPS) is 14.1. The molecular weight excluding hydrogens is 340 g/mol. The highest BCUT2D eigenvalue weighted by molar-refractivity contribution is 5.77. The number of rotatable bonds is 5. The van der Waals surface area contributed by atoms with E-state index in [4.69, 9.17) is 4.74 Å². The predicted octanol–water partition coefficient (Wildman–Crippen LogP) is 3.41. The average Bonchev–Trinajstić information content (AvgIpc) is 2.72. The van der Waals surface area contributed by atoms with Gasteiger partial charge in [0, 0.05) is 32.6 Å². The number of ether oxygens (including phenoxy) is 1. The van der Waals surface area contributed by atoms with E-state index in [1.54, 1.807) is 4.90 Å². The van der Waals surface area contributed by atoms with Crippen molar-refractivity contribution in [3.8, 4) is 0 Å². The average molecular weight is 366 g/mol. The van der Waals surface area contributed by atoms with Crippen LogP contribution in [-0.4, -0.2) is 48.0 Å².